The molecule has 3 aromatic rings. The van der Waals surface area contributed by atoms with Crippen molar-refractivity contribution in [3.63, 3.8) is 0 Å². The number of benzene rings is 2. The Morgan fingerprint density at radius 1 is 1.12 bits per heavy atom. The van der Waals surface area contributed by atoms with Gasteiger partial charge in [0, 0.05) is 32.4 Å². The molecule has 0 aliphatic heterocycles. The minimum absolute atomic E-state index is 0.00806. The monoisotopic (exact) mass is 461 g/mol. The van der Waals surface area contributed by atoms with Crippen LogP contribution in [-0.2, 0) is 20.7 Å². The van der Waals surface area contributed by atoms with Crippen LogP contribution in [0.1, 0.15) is 60.9 Å². The van der Waals surface area contributed by atoms with Crippen LogP contribution in [0.2, 0.25) is 0 Å². The van der Waals surface area contributed by atoms with Crippen molar-refractivity contribution in [3.8, 4) is 0 Å². The summed E-state index contributed by atoms with van der Waals surface area (Å²) < 4.78 is 11.4. The average molecular weight is 462 g/mol. The number of carbonyl (C=O) groups excluding carboxylic acids is 1. The summed E-state index contributed by atoms with van der Waals surface area (Å²) in [5.41, 5.74) is 4.51. The van der Waals surface area contributed by atoms with Crippen molar-refractivity contribution < 1.29 is 14.3 Å². The van der Waals surface area contributed by atoms with Crippen LogP contribution in [0.5, 0.6) is 0 Å². The number of rotatable bonds is 10. The van der Waals surface area contributed by atoms with Gasteiger partial charge in [-0.1, -0.05) is 36.4 Å². The lowest BCUT2D eigenvalue weighted by molar-refractivity contribution is -0.174. The standard InChI is InChI=1S/C28H35N3O3/c1-31(16-7-12-26-29-24-10-5-6-11-25(24)30-26)17-15-28(34-27(32)19-33-2)18-20-13-14-23(28)22-9-4-3-8-21(20)22/h3-6,8-11,20,23H,7,12-19H2,1-2H3,(H,29,30)/t20-,23-,28+/m1/s1. The van der Waals surface area contributed by atoms with E-state index in [4.69, 9.17) is 14.5 Å². The minimum atomic E-state index is -0.445. The fourth-order valence-corrected chi connectivity index (χ4v) is 6.14. The second kappa shape index (κ2) is 9.88. The molecule has 1 aromatic heterocycles. The van der Waals surface area contributed by atoms with Crippen molar-refractivity contribution in [2.75, 3.05) is 33.9 Å². The third kappa shape index (κ3) is 4.62. The van der Waals surface area contributed by atoms with E-state index in [1.165, 1.54) is 17.5 Å². The van der Waals surface area contributed by atoms with Crippen LogP contribution in [-0.4, -0.2) is 60.3 Å². The highest BCUT2D eigenvalue weighted by atomic mass is 16.6. The van der Waals surface area contributed by atoms with Crippen LogP contribution in [0.3, 0.4) is 0 Å². The summed E-state index contributed by atoms with van der Waals surface area (Å²) in [4.78, 5) is 23.1. The zero-order chi connectivity index (χ0) is 23.5. The molecule has 0 spiro atoms. The van der Waals surface area contributed by atoms with Crippen LogP contribution in [0.25, 0.3) is 11.0 Å². The highest BCUT2D eigenvalue weighted by molar-refractivity contribution is 5.74. The Bertz CT molecular complexity index is 1110. The summed E-state index contributed by atoms with van der Waals surface area (Å²) in [5.74, 6) is 1.52. The van der Waals surface area contributed by atoms with Crippen LogP contribution in [0, 0.1) is 0 Å². The Hall–Kier alpha value is -2.70. The zero-order valence-corrected chi connectivity index (χ0v) is 20.3. The topological polar surface area (TPSA) is 67.5 Å². The Balaban J connectivity index is 1.23. The highest BCUT2D eigenvalue weighted by Gasteiger charge is 2.52. The van der Waals surface area contributed by atoms with Gasteiger partial charge in [-0.3, -0.25) is 0 Å². The van der Waals surface area contributed by atoms with Gasteiger partial charge < -0.3 is 19.4 Å². The van der Waals surface area contributed by atoms with Gasteiger partial charge in [0.05, 0.1) is 11.0 Å². The average Bonchev–Trinajstić information content (AvgIpc) is 3.26. The third-order valence-corrected chi connectivity index (χ3v) is 7.73. The molecule has 1 fully saturated rings. The number of para-hydroxylation sites is 2. The van der Waals surface area contributed by atoms with E-state index in [1.807, 2.05) is 18.2 Å². The molecule has 6 heteroatoms. The largest absolute Gasteiger partial charge is 0.457 e. The van der Waals surface area contributed by atoms with Crippen molar-refractivity contribution in [2.45, 2.75) is 56.0 Å². The number of esters is 1. The van der Waals surface area contributed by atoms with Crippen LogP contribution >= 0.6 is 0 Å². The maximum absolute atomic E-state index is 12.6. The number of imidazole rings is 1. The number of fused-ring (bicyclic) bond motifs is 3. The SMILES string of the molecule is COCC(=O)O[C@@]1(CCN(C)CCCc2nc3ccccc3[nH]2)C[C@H]2CC[C@@H]1c1ccccc12. The summed E-state index contributed by atoms with van der Waals surface area (Å²) in [7, 11) is 3.71. The number of hydrogen-bond acceptors (Lipinski definition) is 5. The normalized spacial score (nSPS) is 23.4. The van der Waals surface area contributed by atoms with Crippen molar-refractivity contribution in [1.82, 2.24) is 14.9 Å². The number of aromatic nitrogens is 2. The van der Waals surface area contributed by atoms with E-state index in [9.17, 15) is 4.79 Å². The van der Waals surface area contributed by atoms with Crippen molar-refractivity contribution in [1.29, 1.82) is 0 Å². The van der Waals surface area contributed by atoms with E-state index >= 15 is 0 Å². The molecule has 0 amide bonds. The van der Waals surface area contributed by atoms with Gasteiger partial charge in [0.15, 0.2) is 0 Å². The second-order valence-corrected chi connectivity index (χ2v) is 9.99. The molecule has 1 N–H and O–H groups in total. The third-order valence-electron chi connectivity index (χ3n) is 7.73. The van der Waals surface area contributed by atoms with E-state index in [1.54, 1.807) is 7.11 Å². The summed E-state index contributed by atoms with van der Waals surface area (Å²) in [6.07, 6.45) is 5.97. The Labute approximate surface area is 201 Å². The smallest absolute Gasteiger partial charge is 0.332 e. The van der Waals surface area contributed by atoms with E-state index in [0.29, 0.717) is 5.92 Å². The number of ether oxygens (including phenoxy) is 2. The predicted molar refractivity (Wildman–Crippen MR) is 133 cm³/mol. The summed E-state index contributed by atoms with van der Waals surface area (Å²) in [5, 5.41) is 0. The molecule has 6 nitrogen and oxygen atoms in total. The molecule has 0 unspecified atom stereocenters. The molecule has 180 valence electrons. The van der Waals surface area contributed by atoms with Gasteiger partial charge in [0.1, 0.15) is 18.0 Å². The predicted octanol–water partition coefficient (Wildman–Crippen LogP) is 4.81. The molecule has 34 heavy (non-hydrogen) atoms. The molecule has 0 radical (unpaired) electrons. The molecule has 3 atom stereocenters. The highest BCUT2D eigenvalue weighted by Crippen LogP contribution is 2.57. The van der Waals surface area contributed by atoms with Gasteiger partial charge in [-0.05, 0) is 68.5 Å². The molecule has 3 aliphatic rings. The minimum Gasteiger partial charge on any atom is -0.457 e. The van der Waals surface area contributed by atoms with Crippen molar-refractivity contribution in [3.05, 3.63) is 65.5 Å². The van der Waals surface area contributed by atoms with Crippen molar-refractivity contribution >= 4 is 17.0 Å². The first-order valence-corrected chi connectivity index (χ1v) is 12.5. The number of nitrogens with zero attached hydrogens (tertiary/aromatic N) is 2. The first kappa shape index (κ1) is 23.1. The lowest BCUT2D eigenvalue weighted by Gasteiger charge is -2.52. The van der Waals surface area contributed by atoms with Gasteiger partial charge in [0.2, 0.25) is 0 Å². The number of nitrogens with one attached hydrogen (secondary N) is 1. The van der Waals surface area contributed by atoms with Crippen LogP contribution in [0.4, 0.5) is 0 Å². The van der Waals surface area contributed by atoms with Crippen LogP contribution < -0.4 is 0 Å². The molecule has 3 aliphatic carbocycles. The van der Waals surface area contributed by atoms with E-state index < -0.39 is 5.60 Å². The Morgan fingerprint density at radius 3 is 2.74 bits per heavy atom. The fourth-order valence-electron chi connectivity index (χ4n) is 6.14. The van der Waals surface area contributed by atoms with E-state index in [0.717, 1.165) is 62.1 Å². The van der Waals surface area contributed by atoms with Gasteiger partial charge in [-0.2, -0.15) is 0 Å². The lowest BCUT2D eigenvalue weighted by atomic mass is 9.58. The summed E-state index contributed by atoms with van der Waals surface area (Å²) >= 11 is 0. The fraction of sp³-hybridized carbons (Fsp3) is 0.500. The summed E-state index contributed by atoms with van der Waals surface area (Å²) in [6.45, 7) is 1.88. The van der Waals surface area contributed by atoms with Crippen LogP contribution in [0.15, 0.2) is 48.5 Å². The summed E-state index contributed by atoms with van der Waals surface area (Å²) in [6, 6.07) is 16.9. The number of carbonyl (C=O) groups is 1. The lowest BCUT2D eigenvalue weighted by Crippen LogP contribution is -2.51. The molecular formula is C28H35N3O3. The quantitative estimate of drug-likeness (QED) is 0.439. The number of methoxy groups -OCH3 is 1. The molecule has 2 bridgehead atoms. The molecular weight excluding hydrogens is 426 g/mol. The number of H-pyrrole nitrogens is 1. The van der Waals surface area contributed by atoms with E-state index in [2.05, 4.69) is 47.3 Å². The van der Waals surface area contributed by atoms with Crippen molar-refractivity contribution in [2.24, 2.45) is 0 Å². The van der Waals surface area contributed by atoms with Gasteiger partial charge in [-0.25, -0.2) is 9.78 Å². The maximum atomic E-state index is 12.6. The molecule has 6 rings (SSSR count). The first-order chi connectivity index (χ1) is 16.6. The van der Waals surface area contributed by atoms with Gasteiger partial charge in [0.25, 0.3) is 0 Å². The molecule has 1 heterocycles. The first-order valence-electron chi connectivity index (χ1n) is 12.5. The molecule has 1 saturated carbocycles. The number of aromatic amines is 1. The van der Waals surface area contributed by atoms with Gasteiger partial charge in [-0.15, -0.1) is 0 Å². The maximum Gasteiger partial charge on any atom is 0.332 e. The number of hydrogen-bond donors (Lipinski definition) is 1. The second-order valence-electron chi connectivity index (χ2n) is 9.99. The van der Waals surface area contributed by atoms with Gasteiger partial charge >= 0.3 is 5.97 Å². The Morgan fingerprint density at radius 2 is 1.91 bits per heavy atom. The van der Waals surface area contributed by atoms with E-state index in [-0.39, 0.29) is 18.5 Å². The Kier molecular flexibility index (Phi) is 6.70. The zero-order valence-electron chi connectivity index (χ0n) is 20.3. The molecule has 2 aromatic carbocycles. The number of aryl methyl sites for hydroxylation is 1. The molecule has 0 saturated heterocycles.